The minimum atomic E-state index is -0.534. The molecular weight excluding hydrogens is 416 g/mol. The summed E-state index contributed by atoms with van der Waals surface area (Å²) in [6.45, 7) is 6.86. The number of piperidine rings is 1. The smallest absolute Gasteiger partial charge is 0.410 e. The van der Waals surface area contributed by atoms with Gasteiger partial charge in [0.1, 0.15) is 17.1 Å². The molecule has 0 aromatic heterocycles. The third kappa shape index (κ3) is 8.28. The van der Waals surface area contributed by atoms with Crippen molar-refractivity contribution in [3.05, 3.63) is 23.8 Å². The highest BCUT2D eigenvalue weighted by molar-refractivity contribution is 5.95. The quantitative estimate of drug-likeness (QED) is 0.479. The van der Waals surface area contributed by atoms with Gasteiger partial charge in [0, 0.05) is 37.2 Å². The minimum absolute atomic E-state index is 0.0446. The highest BCUT2D eigenvalue weighted by Gasteiger charge is 2.27. The molecule has 0 spiro atoms. The van der Waals surface area contributed by atoms with Crippen LogP contribution in [0.25, 0.3) is 0 Å². The molecule has 0 atom stereocenters. The lowest BCUT2D eigenvalue weighted by Gasteiger charge is -2.33. The lowest BCUT2D eigenvalue weighted by molar-refractivity contribution is -0.140. The first kappa shape index (κ1) is 25.3. The van der Waals surface area contributed by atoms with Crippen LogP contribution in [0.5, 0.6) is 11.5 Å². The summed E-state index contributed by atoms with van der Waals surface area (Å²) >= 11 is 0. The number of carbonyl (C=O) groups is 3. The molecule has 1 saturated heterocycles. The number of esters is 1. The zero-order valence-corrected chi connectivity index (χ0v) is 19.6. The molecule has 1 aliphatic heterocycles. The number of benzene rings is 1. The first-order valence-corrected chi connectivity index (χ1v) is 10.8. The second-order valence-electron chi connectivity index (χ2n) is 8.64. The molecule has 0 aliphatic carbocycles. The van der Waals surface area contributed by atoms with Gasteiger partial charge in [0.05, 0.1) is 20.8 Å². The molecule has 0 radical (unpaired) electrons. The third-order valence-electron chi connectivity index (χ3n) is 4.88. The van der Waals surface area contributed by atoms with Gasteiger partial charge < -0.3 is 29.2 Å². The molecule has 1 aliphatic rings. The molecule has 1 heterocycles. The molecular formula is C23H34N2O7. The maximum atomic E-state index is 12.8. The highest BCUT2D eigenvalue weighted by Crippen LogP contribution is 2.24. The molecule has 1 aromatic carbocycles. The van der Waals surface area contributed by atoms with Crippen molar-refractivity contribution in [2.75, 3.05) is 33.9 Å². The molecule has 1 fully saturated rings. The Labute approximate surface area is 189 Å². The number of amides is 2. The summed E-state index contributed by atoms with van der Waals surface area (Å²) in [7, 11) is 2.86. The van der Waals surface area contributed by atoms with E-state index in [0.717, 1.165) is 0 Å². The molecule has 178 valence electrons. The Kier molecular flexibility index (Phi) is 9.16. The van der Waals surface area contributed by atoms with E-state index in [9.17, 15) is 14.4 Å². The zero-order valence-electron chi connectivity index (χ0n) is 19.6. The van der Waals surface area contributed by atoms with Crippen LogP contribution < -0.4 is 14.8 Å². The predicted octanol–water partition coefficient (Wildman–Crippen LogP) is 3.16. The molecule has 1 N–H and O–H groups in total. The van der Waals surface area contributed by atoms with Crippen molar-refractivity contribution in [3.8, 4) is 11.5 Å². The third-order valence-corrected chi connectivity index (χ3v) is 4.88. The number of carbonyl (C=O) groups excluding carboxylic acids is 3. The van der Waals surface area contributed by atoms with Gasteiger partial charge in [0.2, 0.25) is 0 Å². The van der Waals surface area contributed by atoms with E-state index >= 15 is 0 Å². The molecule has 0 saturated carbocycles. The molecule has 0 unspecified atom stereocenters. The number of hydrogen-bond acceptors (Lipinski definition) is 7. The fourth-order valence-electron chi connectivity index (χ4n) is 3.21. The second kappa shape index (κ2) is 11.6. The number of nitrogens with zero attached hydrogens (tertiary/aromatic N) is 1. The Hall–Kier alpha value is -2.97. The summed E-state index contributed by atoms with van der Waals surface area (Å²) in [6.07, 6.45) is 1.72. The Morgan fingerprint density at radius 3 is 2.31 bits per heavy atom. The van der Waals surface area contributed by atoms with Gasteiger partial charge in [-0.15, -0.1) is 0 Å². The van der Waals surface area contributed by atoms with E-state index in [4.69, 9.17) is 14.2 Å². The summed E-state index contributed by atoms with van der Waals surface area (Å²) < 4.78 is 21.0. The van der Waals surface area contributed by atoms with Gasteiger partial charge in [-0.2, -0.15) is 0 Å². The van der Waals surface area contributed by atoms with Crippen molar-refractivity contribution >= 4 is 18.0 Å². The van der Waals surface area contributed by atoms with E-state index in [0.29, 0.717) is 56.0 Å². The van der Waals surface area contributed by atoms with Gasteiger partial charge in [-0.05, 0) is 52.2 Å². The van der Waals surface area contributed by atoms with Crippen molar-refractivity contribution in [2.45, 2.75) is 58.1 Å². The van der Waals surface area contributed by atoms with Crippen LogP contribution in [0.1, 0.15) is 56.8 Å². The number of methoxy groups -OCH3 is 2. The summed E-state index contributed by atoms with van der Waals surface area (Å²) in [6, 6.07) is 4.93. The molecule has 2 rings (SSSR count). The standard InChI is InChI=1S/C23H34N2O7/c1-23(2,3)32-22(28)25-10-8-17(9-11-25)24-21(27)16-13-18(29-4)15-19(14-16)31-12-6-7-20(26)30-5/h13-15,17H,6-12H2,1-5H3,(H,24,27). The van der Waals surface area contributed by atoms with Gasteiger partial charge in [-0.3, -0.25) is 9.59 Å². The Bertz CT molecular complexity index is 796. The number of likely N-dealkylation sites (tertiary alicyclic amines) is 1. The van der Waals surface area contributed by atoms with Crippen LogP contribution >= 0.6 is 0 Å². The normalized spacial score (nSPS) is 14.5. The lowest BCUT2D eigenvalue weighted by atomic mass is 10.0. The van der Waals surface area contributed by atoms with Crippen molar-refractivity contribution in [1.29, 1.82) is 0 Å². The fraction of sp³-hybridized carbons (Fsp3) is 0.609. The van der Waals surface area contributed by atoms with Crippen LogP contribution in [0.4, 0.5) is 4.79 Å². The first-order valence-electron chi connectivity index (χ1n) is 10.8. The van der Waals surface area contributed by atoms with Crippen molar-refractivity contribution < 1.29 is 33.3 Å². The largest absolute Gasteiger partial charge is 0.497 e. The van der Waals surface area contributed by atoms with Crippen LogP contribution in [0.15, 0.2) is 18.2 Å². The maximum Gasteiger partial charge on any atom is 0.410 e. The summed E-state index contributed by atoms with van der Waals surface area (Å²) in [5.41, 5.74) is -0.116. The summed E-state index contributed by atoms with van der Waals surface area (Å²) in [5, 5.41) is 3.02. The highest BCUT2D eigenvalue weighted by atomic mass is 16.6. The molecule has 2 amide bonds. The SMILES string of the molecule is COC(=O)CCCOc1cc(OC)cc(C(=O)NC2CCN(C(=O)OC(C)(C)C)CC2)c1. The van der Waals surface area contributed by atoms with Gasteiger partial charge in [-0.25, -0.2) is 4.79 Å². The average molecular weight is 451 g/mol. The second-order valence-corrected chi connectivity index (χ2v) is 8.64. The number of ether oxygens (including phenoxy) is 4. The van der Waals surface area contributed by atoms with Crippen LogP contribution in [-0.2, 0) is 14.3 Å². The van der Waals surface area contributed by atoms with Gasteiger partial charge in [0.15, 0.2) is 0 Å². The molecule has 9 nitrogen and oxygen atoms in total. The van der Waals surface area contributed by atoms with Crippen LogP contribution in [0, 0.1) is 0 Å². The van der Waals surface area contributed by atoms with E-state index in [1.165, 1.54) is 14.2 Å². The van der Waals surface area contributed by atoms with E-state index in [-0.39, 0.29) is 30.4 Å². The monoisotopic (exact) mass is 450 g/mol. The van der Waals surface area contributed by atoms with E-state index < -0.39 is 5.60 Å². The maximum absolute atomic E-state index is 12.8. The van der Waals surface area contributed by atoms with Gasteiger partial charge in [0.25, 0.3) is 5.91 Å². The Morgan fingerprint density at radius 1 is 1.06 bits per heavy atom. The predicted molar refractivity (Wildman–Crippen MR) is 118 cm³/mol. The topological polar surface area (TPSA) is 103 Å². The summed E-state index contributed by atoms with van der Waals surface area (Å²) in [4.78, 5) is 37.9. The molecule has 0 bridgehead atoms. The van der Waals surface area contributed by atoms with E-state index in [2.05, 4.69) is 10.1 Å². The van der Waals surface area contributed by atoms with E-state index in [1.54, 1.807) is 23.1 Å². The van der Waals surface area contributed by atoms with E-state index in [1.807, 2.05) is 20.8 Å². The van der Waals surface area contributed by atoms with Crippen molar-refractivity contribution in [3.63, 3.8) is 0 Å². The molecule has 9 heteroatoms. The van der Waals surface area contributed by atoms with Crippen molar-refractivity contribution in [1.82, 2.24) is 10.2 Å². The van der Waals surface area contributed by atoms with Gasteiger partial charge >= 0.3 is 12.1 Å². The van der Waals surface area contributed by atoms with Crippen molar-refractivity contribution in [2.24, 2.45) is 0 Å². The van der Waals surface area contributed by atoms with Crippen LogP contribution in [0.3, 0.4) is 0 Å². The first-order chi connectivity index (χ1) is 15.1. The average Bonchev–Trinajstić information content (AvgIpc) is 2.75. The number of hydrogen-bond donors (Lipinski definition) is 1. The molecule has 32 heavy (non-hydrogen) atoms. The van der Waals surface area contributed by atoms with Gasteiger partial charge in [-0.1, -0.05) is 0 Å². The molecule has 1 aromatic rings. The van der Waals surface area contributed by atoms with Crippen LogP contribution in [0.2, 0.25) is 0 Å². The minimum Gasteiger partial charge on any atom is -0.497 e. The van der Waals surface area contributed by atoms with Crippen LogP contribution in [-0.4, -0.2) is 68.4 Å². The number of nitrogens with one attached hydrogen (secondary N) is 1. The fourth-order valence-corrected chi connectivity index (χ4v) is 3.21. The Balaban J connectivity index is 1.89. The zero-order chi connectivity index (χ0) is 23.7. The lowest BCUT2D eigenvalue weighted by Crippen LogP contribution is -2.47. The number of rotatable bonds is 8. The Morgan fingerprint density at radius 2 is 1.72 bits per heavy atom. The summed E-state index contributed by atoms with van der Waals surface area (Å²) in [5.74, 6) is 0.454.